The Balaban J connectivity index is 1.80. The second-order valence-corrected chi connectivity index (χ2v) is 5.98. The van der Waals surface area contributed by atoms with Gasteiger partial charge in [0.2, 0.25) is 0 Å². The van der Waals surface area contributed by atoms with Crippen LogP contribution in [-0.4, -0.2) is 22.8 Å². The number of carbonyl (C=O) groups excluding carboxylic acids is 1. The summed E-state index contributed by atoms with van der Waals surface area (Å²) in [5.41, 5.74) is 4.94. The highest BCUT2D eigenvalue weighted by molar-refractivity contribution is 5.94. The van der Waals surface area contributed by atoms with Crippen LogP contribution in [0.3, 0.4) is 0 Å². The summed E-state index contributed by atoms with van der Waals surface area (Å²) in [6.07, 6.45) is 3.42. The standard InChI is InChI=1S/C21H20N2O/c1-16-8-10-18(11-9-16)19-12-20(14-22-13-19)21(24)23(2)15-17-6-4-3-5-7-17/h3-14H,15H2,1-2H3. The van der Waals surface area contributed by atoms with Crippen LogP contribution in [0.15, 0.2) is 73.1 Å². The van der Waals surface area contributed by atoms with E-state index in [4.69, 9.17) is 0 Å². The van der Waals surface area contributed by atoms with Crippen LogP contribution in [0.25, 0.3) is 11.1 Å². The van der Waals surface area contributed by atoms with Crippen molar-refractivity contribution in [3.8, 4) is 11.1 Å². The monoisotopic (exact) mass is 316 g/mol. The van der Waals surface area contributed by atoms with Crippen LogP contribution in [0.4, 0.5) is 0 Å². The third-order valence-electron chi connectivity index (χ3n) is 3.98. The molecule has 0 saturated heterocycles. The molecule has 0 aliphatic heterocycles. The highest BCUT2D eigenvalue weighted by Crippen LogP contribution is 2.20. The largest absolute Gasteiger partial charge is 0.337 e. The predicted molar refractivity (Wildman–Crippen MR) is 96.6 cm³/mol. The number of nitrogens with zero attached hydrogens (tertiary/aromatic N) is 2. The molecule has 120 valence electrons. The molecule has 3 nitrogen and oxygen atoms in total. The molecule has 0 aliphatic rings. The maximum atomic E-state index is 12.7. The van der Waals surface area contributed by atoms with Crippen LogP contribution in [0.2, 0.25) is 0 Å². The summed E-state index contributed by atoms with van der Waals surface area (Å²) in [4.78, 5) is 18.6. The lowest BCUT2D eigenvalue weighted by Gasteiger charge is -2.17. The van der Waals surface area contributed by atoms with E-state index in [0.29, 0.717) is 12.1 Å². The smallest absolute Gasteiger partial charge is 0.255 e. The molecule has 0 N–H and O–H groups in total. The van der Waals surface area contributed by atoms with E-state index in [1.54, 1.807) is 17.3 Å². The van der Waals surface area contributed by atoms with Gasteiger partial charge in [-0.2, -0.15) is 0 Å². The van der Waals surface area contributed by atoms with Crippen LogP contribution >= 0.6 is 0 Å². The number of hydrogen-bond donors (Lipinski definition) is 0. The normalized spacial score (nSPS) is 10.4. The Morgan fingerprint density at radius 1 is 0.958 bits per heavy atom. The van der Waals surface area contributed by atoms with E-state index in [0.717, 1.165) is 16.7 Å². The first kappa shape index (κ1) is 15.9. The molecule has 1 aromatic heterocycles. The van der Waals surface area contributed by atoms with Gasteiger partial charge >= 0.3 is 0 Å². The fraction of sp³-hybridized carbons (Fsp3) is 0.143. The molecule has 0 radical (unpaired) electrons. The molecular formula is C21H20N2O. The van der Waals surface area contributed by atoms with Gasteiger partial charge in [0, 0.05) is 31.5 Å². The zero-order valence-electron chi connectivity index (χ0n) is 13.9. The van der Waals surface area contributed by atoms with Crippen molar-refractivity contribution in [3.63, 3.8) is 0 Å². The number of benzene rings is 2. The van der Waals surface area contributed by atoms with Gasteiger partial charge in [-0.15, -0.1) is 0 Å². The molecule has 1 amide bonds. The lowest BCUT2D eigenvalue weighted by molar-refractivity contribution is 0.0784. The Labute approximate surface area is 142 Å². The van der Waals surface area contributed by atoms with E-state index in [1.807, 2.05) is 55.6 Å². The van der Waals surface area contributed by atoms with E-state index in [9.17, 15) is 4.79 Å². The van der Waals surface area contributed by atoms with Gasteiger partial charge in [0.1, 0.15) is 0 Å². The van der Waals surface area contributed by atoms with Gasteiger partial charge in [0.05, 0.1) is 5.56 Å². The molecule has 24 heavy (non-hydrogen) atoms. The van der Waals surface area contributed by atoms with Gasteiger partial charge in [-0.25, -0.2) is 0 Å². The zero-order chi connectivity index (χ0) is 16.9. The highest BCUT2D eigenvalue weighted by Gasteiger charge is 2.13. The maximum Gasteiger partial charge on any atom is 0.255 e. The Morgan fingerprint density at radius 3 is 2.38 bits per heavy atom. The van der Waals surface area contributed by atoms with E-state index in [1.165, 1.54) is 5.56 Å². The van der Waals surface area contributed by atoms with Gasteiger partial charge in [-0.05, 0) is 24.1 Å². The molecule has 0 aliphatic carbocycles. The number of aromatic nitrogens is 1. The summed E-state index contributed by atoms with van der Waals surface area (Å²) in [5.74, 6) is -0.0275. The molecule has 0 spiro atoms. The highest BCUT2D eigenvalue weighted by atomic mass is 16.2. The Morgan fingerprint density at radius 2 is 1.67 bits per heavy atom. The Kier molecular flexibility index (Phi) is 4.71. The molecular weight excluding hydrogens is 296 g/mol. The first-order chi connectivity index (χ1) is 11.6. The molecule has 2 aromatic carbocycles. The summed E-state index contributed by atoms with van der Waals surface area (Å²) in [6.45, 7) is 2.63. The number of pyridine rings is 1. The third kappa shape index (κ3) is 3.69. The van der Waals surface area contributed by atoms with Gasteiger partial charge in [-0.3, -0.25) is 9.78 Å². The first-order valence-corrected chi connectivity index (χ1v) is 7.95. The number of amides is 1. The van der Waals surface area contributed by atoms with Crippen molar-refractivity contribution in [2.75, 3.05) is 7.05 Å². The zero-order valence-corrected chi connectivity index (χ0v) is 13.9. The summed E-state index contributed by atoms with van der Waals surface area (Å²) < 4.78 is 0. The number of rotatable bonds is 4. The molecule has 0 atom stereocenters. The van der Waals surface area contributed by atoms with Gasteiger partial charge in [-0.1, -0.05) is 60.2 Å². The molecule has 3 rings (SSSR count). The van der Waals surface area contributed by atoms with Gasteiger partial charge in [0.15, 0.2) is 0 Å². The second-order valence-electron chi connectivity index (χ2n) is 5.98. The number of carbonyl (C=O) groups is 1. The van der Waals surface area contributed by atoms with Crippen molar-refractivity contribution >= 4 is 5.91 Å². The lowest BCUT2D eigenvalue weighted by atomic mass is 10.0. The molecule has 3 aromatic rings. The summed E-state index contributed by atoms with van der Waals surface area (Å²) in [6, 6.07) is 20.1. The second kappa shape index (κ2) is 7.09. The quantitative estimate of drug-likeness (QED) is 0.718. The van der Waals surface area contributed by atoms with Crippen molar-refractivity contribution in [1.29, 1.82) is 0 Å². The predicted octanol–water partition coefficient (Wildman–Crippen LogP) is 4.33. The molecule has 0 unspecified atom stereocenters. The minimum absolute atomic E-state index is 0.0275. The van der Waals surface area contributed by atoms with Crippen molar-refractivity contribution in [1.82, 2.24) is 9.88 Å². The van der Waals surface area contributed by atoms with Crippen molar-refractivity contribution in [3.05, 3.63) is 89.7 Å². The Bertz CT molecular complexity index is 826. The molecule has 1 heterocycles. The van der Waals surface area contributed by atoms with Gasteiger partial charge < -0.3 is 4.90 Å². The topological polar surface area (TPSA) is 33.2 Å². The molecule has 0 fully saturated rings. The van der Waals surface area contributed by atoms with Crippen molar-refractivity contribution in [2.24, 2.45) is 0 Å². The van der Waals surface area contributed by atoms with Crippen LogP contribution in [-0.2, 0) is 6.54 Å². The maximum absolute atomic E-state index is 12.7. The first-order valence-electron chi connectivity index (χ1n) is 7.95. The number of aryl methyl sites for hydroxylation is 1. The summed E-state index contributed by atoms with van der Waals surface area (Å²) in [7, 11) is 1.81. The third-order valence-corrected chi connectivity index (χ3v) is 3.98. The molecule has 0 saturated carbocycles. The van der Waals surface area contributed by atoms with E-state index >= 15 is 0 Å². The van der Waals surface area contributed by atoms with Crippen LogP contribution in [0.5, 0.6) is 0 Å². The van der Waals surface area contributed by atoms with Crippen molar-refractivity contribution in [2.45, 2.75) is 13.5 Å². The summed E-state index contributed by atoms with van der Waals surface area (Å²) >= 11 is 0. The van der Waals surface area contributed by atoms with Gasteiger partial charge in [0.25, 0.3) is 5.91 Å². The Hall–Kier alpha value is -2.94. The average molecular weight is 316 g/mol. The van der Waals surface area contributed by atoms with E-state index in [-0.39, 0.29) is 5.91 Å². The van der Waals surface area contributed by atoms with Crippen LogP contribution in [0, 0.1) is 6.92 Å². The van der Waals surface area contributed by atoms with Crippen LogP contribution in [0.1, 0.15) is 21.5 Å². The lowest BCUT2D eigenvalue weighted by Crippen LogP contribution is -2.26. The van der Waals surface area contributed by atoms with Crippen LogP contribution < -0.4 is 0 Å². The average Bonchev–Trinajstić information content (AvgIpc) is 2.62. The summed E-state index contributed by atoms with van der Waals surface area (Å²) in [5, 5.41) is 0. The minimum Gasteiger partial charge on any atom is -0.337 e. The van der Waals surface area contributed by atoms with E-state index in [2.05, 4.69) is 24.0 Å². The fourth-order valence-corrected chi connectivity index (χ4v) is 2.61. The van der Waals surface area contributed by atoms with Crippen molar-refractivity contribution < 1.29 is 4.79 Å². The molecule has 3 heteroatoms. The SMILES string of the molecule is Cc1ccc(-c2cncc(C(=O)N(C)Cc3ccccc3)c2)cc1. The molecule has 0 bridgehead atoms. The fourth-order valence-electron chi connectivity index (χ4n) is 2.61. The number of hydrogen-bond acceptors (Lipinski definition) is 2. The van der Waals surface area contributed by atoms with E-state index < -0.39 is 0 Å². The minimum atomic E-state index is -0.0275.